The molecule has 2 aliphatic rings. The highest BCUT2D eigenvalue weighted by Gasteiger charge is 2.38. The number of anilines is 1. The number of nitrogens with zero attached hydrogens (tertiary/aromatic N) is 3. The lowest BCUT2D eigenvalue weighted by Crippen LogP contribution is -2.48. The molecule has 0 amide bonds. The van der Waals surface area contributed by atoms with Gasteiger partial charge in [-0.15, -0.1) is 0 Å². The van der Waals surface area contributed by atoms with E-state index in [9.17, 15) is 14.7 Å². The van der Waals surface area contributed by atoms with Crippen molar-refractivity contribution in [2.24, 2.45) is 12.5 Å². The molecule has 8 nitrogen and oxygen atoms in total. The van der Waals surface area contributed by atoms with Gasteiger partial charge in [-0.1, -0.05) is 0 Å². The summed E-state index contributed by atoms with van der Waals surface area (Å²) in [6.07, 6.45) is 3.98. The fraction of sp³-hybridized carbons (Fsp3) is 0.667. The molecule has 0 aromatic carbocycles. The second kappa shape index (κ2) is 5.84. The maximum absolute atomic E-state index is 12.1. The molecule has 1 aromatic heterocycles. The molecule has 1 aromatic rings. The van der Waals surface area contributed by atoms with E-state index in [2.05, 4.69) is 4.98 Å². The summed E-state index contributed by atoms with van der Waals surface area (Å²) >= 11 is 0. The molecule has 1 spiro atoms. The van der Waals surface area contributed by atoms with Crippen molar-refractivity contribution in [2.75, 3.05) is 31.2 Å². The first-order valence-corrected chi connectivity index (χ1v) is 7.79. The van der Waals surface area contributed by atoms with Crippen LogP contribution in [0.4, 0.5) is 5.95 Å². The van der Waals surface area contributed by atoms with E-state index < -0.39 is 23.0 Å². The highest BCUT2D eigenvalue weighted by Crippen LogP contribution is 2.40. The number of hydrogen-bond donors (Lipinski definition) is 2. The predicted molar refractivity (Wildman–Crippen MR) is 82.0 cm³/mol. The zero-order valence-corrected chi connectivity index (χ0v) is 13.1. The average Bonchev–Trinajstić information content (AvgIpc) is 2.53. The number of aromatic carboxylic acids is 1. The van der Waals surface area contributed by atoms with Gasteiger partial charge in [0.2, 0.25) is 11.7 Å². The topological polar surface area (TPSA) is 105 Å². The maximum Gasteiger partial charge on any atom is 0.358 e. The third-order valence-electron chi connectivity index (χ3n) is 4.94. The second-order valence-electron chi connectivity index (χ2n) is 6.42. The van der Waals surface area contributed by atoms with Crippen molar-refractivity contribution in [3.8, 4) is 5.75 Å². The van der Waals surface area contributed by atoms with E-state index in [4.69, 9.17) is 9.84 Å². The highest BCUT2D eigenvalue weighted by molar-refractivity contribution is 5.88. The normalized spacial score (nSPS) is 20.7. The van der Waals surface area contributed by atoms with Gasteiger partial charge in [0.1, 0.15) is 0 Å². The van der Waals surface area contributed by atoms with Crippen molar-refractivity contribution in [2.45, 2.75) is 25.7 Å². The monoisotopic (exact) mass is 323 g/mol. The predicted octanol–water partition coefficient (Wildman–Crippen LogP) is 0.581. The van der Waals surface area contributed by atoms with E-state index in [-0.39, 0.29) is 5.41 Å². The highest BCUT2D eigenvalue weighted by atomic mass is 16.5. The van der Waals surface area contributed by atoms with Gasteiger partial charge in [0.05, 0.1) is 0 Å². The van der Waals surface area contributed by atoms with Crippen molar-refractivity contribution < 1.29 is 19.7 Å². The Kier molecular flexibility index (Phi) is 4.01. The smallest absolute Gasteiger partial charge is 0.358 e. The molecule has 3 heterocycles. The number of rotatable bonds is 2. The molecular weight excluding hydrogens is 302 g/mol. The lowest BCUT2D eigenvalue weighted by molar-refractivity contribution is 0.00725. The molecule has 0 unspecified atom stereocenters. The largest absolute Gasteiger partial charge is 0.501 e. The molecule has 0 aliphatic carbocycles. The van der Waals surface area contributed by atoms with Crippen LogP contribution in [0.2, 0.25) is 0 Å². The second-order valence-corrected chi connectivity index (χ2v) is 6.42. The lowest BCUT2D eigenvalue weighted by Gasteiger charge is -2.45. The zero-order chi connectivity index (χ0) is 16.6. The maximum atomic E-state index is 12.1. The minimum atomic E-state index is -1.40. The molecule has 2 fully saturated rings. The van der Waals surface area contributed by atoms with Crippen molar-refractivity contribution in [3.05, 3.63) is 16.0 Å². The first kappa shape index (κ1) is 15.8. The Morgan fingerprint density at radius 3 is 2.65 bits per heavy atom. The first-order chi connectivity index (χ1) is 10.9. The molecule has 8 heteroatoms. The molecular formula is C15H21N3O5. The van der Waals surface area contributed by atoms with E-state index in [0.717, 1.165) is 45.4 Å². The third kappa shape index (κ3) is 2.78. The van der Waals surface area contributed by atoms with Crippen LogP contribution in [0.3, 0.4) is 0 Å². The molecule has 3 rings (SSSR count). The van der Waals surface area contributed by atoms with Crippen molar-refractivity contribution >= 4 is 11.9 Å². The van der Waals surface area contributed by atoms with Crippen LogP contribution < -0.4 is 10.5 Å². The van der Waals surface area contributed by atoms with Crippen LogP contribution >= 0.6 is 0 Å². The number of aromatic nitrogens is 2. The Balaban J connectivity index is 1.97. The van der Waals surface area contributed by atoms with E-state index in [1.54, 1.807) is 0 Å². The molecule has 2 aliphatic heterocycles. The van der Waals surface area contributed by atoms with Crippen LogP contribution in [0.5, 0.6) is 5.75 Å². The summed E-state index contributed by atoms with van der Waals surface area (Å²) in [4.78, 5) is 29.3. The summed E-state index contributed by atoms with van der Waals surface area (Å²) in [5, 5.41) is 18.8. The first-order valence-electron chi connectivity index (χ1n) is 7.79. The standard InChI is InChI=1S/C15H21N3O5/c1-17-12(20)11(19)10(13(21)22)16-14(17)18-6-2-3-15(9-18)4-7-23-8-5-15/h19H,2-9H2,1H3,(H,21,22). The van der Waals surface area contributed by atoms with E-state index in [0.29, 0.717) is 12.5 Å². The van der Waals surface area contributed by atoms with Gasteiger partial charge in [-0.2, -0.15) is 0 Å². The van der Waals surface area contributed by atoms with Crippen LogP contribution in [-0.4, -0.2) is 52.0 Å². The third-order valence-corrected chi connectivity index (χ3v) is 4.94. The van der Waals surface area contributed by atoms with Crippen molar-refractivity contribution in [1.29, 1.82) is 0 Å². The number of aromatic hydroxyl groups is 1. The van der Waals surface area contributed by atoms with Gasteiger partial charge in [0, 0.05) is 33.4 Å². The summed E-state index contributed by atoms with van der Waals surface area (Å²) in [5.74, 6) is -1.92. The Hall–Kier alpha value is -2.09. The average molecular weight is 323 g/mol. The number of carboxylic acids is 1. The fourth-order valence-corrected chi connectivity index (χ4v) is 3.60. The summed E-state index contributed by atoms with van der Waals surface area (Å²) in [7, 11) is 1.50. The number of carbonyl (C=O) groups is 1. The van der Waals surface area contributed by atoms with Gasteiger partial charge in [0.25, 0.3) is 5.56 Å². The lowest BCUT2D eigenvalue weighted by atomic mass is 9.74. The van der Waals surface area contributed by atoms with Crippen LogP contribution in [-0.2, 0) is 11.8 Å². The van der Waals surface area contributed by atoms with Gasteiger partial charge >= 0.3 is 5.97 Å². The van der Waals surface area contributed by atoms with Gasteiger partial charge in [0.15, 0.2) is 5.69 Å². The number of ether oxygens (including phenoxy) is 1. The molecule has 126 valence electrons. The fourth-order valence-electron chi connectivity index (χ4n) is 3.60. The molecule has 23 heavy (non-hydrogen) atoms. The summed E-state index contributed by atoms with van der Waals surface area (Å²) in [5.41, 5.74) is -1.19. The molecule has 2 saturated heterocycles. The molecule has 0 bridgehead atoms. The summed E-state index contributed by atoms with van der Waals surface area (Å²) in [6, 6.07) is 0. The van der Waals surface area contributed by atoms with E-state index in [1.807, 2.05) is 4.90 Å². The molecule has 0 radical (unpaired) electrons. The summed E-state index contributed by atoms with van der Waals surface area (Å²) < 4.78 is 6.67. The van der Waals surface area contributed by atoms with Gasteiger partial charge < -0.3 is 19.8 Å². The van der Waals surface area contributed by atoms with Crippen LogP contribution in [0.15, 0.2) is 4.79 Å². The number of carboxylic acid groups (broad SMARTS) is 1. The van der Waals surface area contributed by atoms with E-state index >= 15 is 0 Å². The van der Waals surface area contributed by atoms with E-state index in [1.165, 1.54) is 11.6 Å². The Bertz CT molecular complexity index is 673. The Morgan fingerprint density at radius 2 is 2.00 bits per heavy atom. The van der Waals surface area contributed by atoms with Gasteiger partial charge in [-0.05, 0) is 31.1 Å². The van der Waals surface area contributed by atoms with Crippen molar-refractivity contribution in [1.82, 2.24) is 9.55 Å². The minimum absolute atomic E-state index is 0.134. The molecule has 0 atom stereocenters. The van der Waals surface area contributed by atoms with Gasteiger partial charge in [-0.25, -0.2) is 9.78 Å². The Morgan fingerprint density at radius 1 is 1.30 bits per heavy atom. The molecule has 0 saturated carbocycles. The zero-order valence-electron chi connectivity index (χ0n) is 13.1. The van der Waals surface area contributed by atoms with Crippen LogP contribution in [0, 0.1) is 5.41 Å². The number of hydrogen-bond acceptors (Lipinski definition) is 6. The Labute approximate surface area is 133 Å². The van der Waals surface area contributed by atoms with Crippen LogP contribution in [0.1, 0.15) is 36.2 Å². The molecule has 2 N–H and O–H groups in total. The van der Waals surface area contributed by atoms with Crippen molar-refractivity contribution in [3.63, 3.8) is 0 Å². The van der Waals surface area contributed by atoms with Crippen LogP contribution in [0.25, 0.3) is 0 Å². The minimum Gasteiger partial charge on any atom is -0.501 e. The quantitative estimate of drug-likeness (QED) is 0.820. The van der Waals surface area contributed by atoms with Gasteiger partial charge in [-0.3, -0.25) is 9.36 Å². The number of piperidine rings is 1. The SMILES string of the molecule is Cn1c(N2CCCC3(CCOCC3)C2)nc(C(=O)O)c(O)c1=O. The summed E-state index contributed by atoms with van der Waals surface area (Å²) in [6.45, 7) is 2.90.